The van der Waals surface area contributed by atoms with E-state index in [1.165, 1.54) is 0 Å². The fourth-order valence-electron chi connectivity index (χ4n) is 1.08. The molecule has 2 nitrogen and oxygen atoms in total. The molecule has 2 heterocycles. The Labute approximate surface area is 88.7 Å². The molecule has 0 atom stereocenters. The Kier molecular flexibility index (Phi) is 2.23. The summed E-state index contributed by atoms with van der Waals surface area (Å²) in [5.74, 6) is 0. The van der Waals surface area contributed by atoms with Gasteiger partial charge in [-0.25, -0.2) is 4.98 Å². The second-order valence-electron chi connectivity index (χ2n) is 2.48. The highest BCUT2D eigenvalue weighted by molar-refractivity contribution is 14.1. The van der Waals surface area contributed by atoms with Crippen LogP contribution in [-0.2, 0) is 4.43 Å². The standard InChI is InChI=1S/C8H6ClIN2/c9-6-1-2-8-11-7(3-10)5-12(8)4-6/h1-2,4-5H,3H2. The molecule has 0 amide bonds. The third-order valence-electron chi connectivity index (χ3n) is 1.60. The largest absolute Gasteiger partial charge is 0.305 e. The zero-order valence-electron chi connectivity index (χ0n) is 6.17. The van der Waals surface area contributed by atoms with Gasteiger partial charge in [-0.3, -0.25) is 0 Å². The van der Waals surface area contributed by atoms with Gasteiger partial charge in [0.15, 0.2) is 0 Å². The lowest BCUT2D eigenvalue weighted by atomic mass is 10.5. The highest BCUT2D eigenvalue weighted by atomic mass is 127. The lowest BCUT2D eigenvalue weighted by molar-refractivity contribution is 1.18. The molecule has 2 rings (SSSR count). The van der Waals surface area contributed by atoms with Crippen LogP contribution in [0.1, 0.15) is 5.69 Å². The minimum absolute atomic E-state index is 0.736. The molecule has 0 aliphatic carbocycles. The number of nitrogens with zero attached hydrogens (tertiary/aromatic N) is 2. The van der Waals surface area contributed by atoms with E-state index in [2.05, 4.69) is 27.6 Å². The molecule has 0 aromatic carbocycles. The fraction of sp³-hybridized carbons (Fsp3) is 0.125. The minimum atomic E-state index is 0.736. The smallest absolute Gasteiger partial charge is 0.137 e. The second-order valence-corrected chi connectivity index (χ2v) is 3.68. The first-order chi connectivity index (χ1) is 5.79. The maximum Gasteiger partial charge on any atom is 0.137 e. The van der Waals surface area contributed by atoms with E-state index in [-0.39, 0.29) is 0 Å². The SMILES string of the molecule is Clc1ccc2nc(CI)cn2c1. The molecule has 0 spiro atoms. The van der Waals surface area contributed by atoms with Crippen molar-refractivity contribution in [1.82, 2.24) is 9.38 Å². The summed E-state index contributed by atoms with van der Waals surface area (Å²) in [7, 11) is 0. The fourth-order valence-corrected chi connectivity index (χ4v) is 1.62. The quantitative estimate of drug-likeness (QED) is 0.583. The number of rotatable bonds is 1. The van der Waals surface area contributed by atoms with Crippen LogP contribution in [0, 0.1) is 0 Å². The van der Waals surface area contributed by atoms with Crippen LogP contribution in [0.15, 0.2) is 24.5 Å². The minimum Gasteiger partial charge on any atom is -0.305 e. The van der Waals surface area contributed by atoms with Crippen molar-refractivity contribution in [3.63, 3.8) is 0 Å². The summed E-state index contributed by atoms with van der Waals surface area (Å²) in [4.78, 5) is 4.37. The molecular weight excluding hydrogens is 286 g/mol. The van der Waals surface area contributed by atoms with Gasteiger partial charge in [-0.05, 0) is 12.1 Å². The highest BCUT2D eigenvalue weighted by Crippen LogP contribution is 2.12. The molecule has 0 aliphatic heterocycles. The van der Waals surface area contributed by atoms with E-state index in [1.807, 2.05) is 28.9 Å². The van der Waals surface area contributed by atoms with E-state index < -0.39 is 0 Å². The van der Waals surface area contributed by atoms with E-state index in [0.29, 0.717) is 0 Å². The number of imidazole rings is 1. The average Bonchev–Trinajstić information content (AvgIpc) is 2.46. The average molecular weight is 293 g/mol. The van der Waals surface area contributed by atoms with E-state index in [1.54, 1.807) is 0 Å². The van der Waals surface area contributed by atoms with Gasteiger partial charge in [0, 0.05) is 16.8 Å². The molecule has 0 N–H and O–H groups in total. The maximum atomic E-state index is 5.82. The van der Waals surface area contributed by atoms with Gasteiger partial charge in [-0.1, -0.05) is 34.2 Å². The van der Waals surface area contributed by atoms with Gasteiger partial charge < -0.3 is 4.40 Å². The molecule has 0 saturated carbocycles. The van der Waals surface area contributed by atoms with Crippen molar-refractivity contribution in [1.29, 1.82) is 0 Å². The van der Waals surface area contributed by atoms with Gasteiger partial charge in [0.1, 0.15) is 5.65 Å². The molecule has 62 valence electrons. The molecule has 2 aromatic rings. The number of aromatic nitrogens is 2. The van der Waals surface area contributed by atoms with Crippen LogP contribution in [-0.4, -0.2) is 9.38 Å². The Balaban J connectivity index is 2.67. The van der Waals surface area contributed by atoms with Crippen molar-refractivity contribution in [2.45, 2.75) is 4.43 Å². The zero-order chi connectivity index (χ0) is 8.55. The van der Waals surface area contributed by atoms with E-state index in [4.69, 9.17) is 11.6 Å². The number of fused-ring (bicyclic) bond motifs is 1. The first kappa shape index (κ1) is 8.31. The van der Waals surface area contributed by atoms with E-state index in [0.717, 1.165) is 20.8 Å². The number of alkyl halides is 1. The summed E-state index contributed by atoms with van der Waals surface area (Å²) >= 11 is 8.11. The third kappa shape index (κ3) is 1.43. The molecule has 0 radical (unpaired) electrons. The summed E-state index contributed by atoms with van der Waals surface area (Å²) in [5, 5.41) is 0.736. The monoisotopic (exact) mass is 292 g/mol. The molecule has 4 heteroatoms. The molecule has 12 heavy (non-hydrogen) atoms. The van der Waals surface area contributed by atoms with Gasteiger partial charge in [-0.15, -0.1) is 0 Å². The lowest BCUT2D eigenvalue weighted by Crippen LogP contribution is -1.79. The summed E-state index contributed by atoms with van der Waals surface area (Å²) < 4.78 is 2.87. The number of hydrogen-bond donors (Lipinski definition) is 0. The summed E-state index contributed by atoms with van der Waals surface area (Å²) in [6, 6.07) is 3.76. The van der Waals surface area contributed by atoms with Crippen molar-refractivity contribution in [3.05, 3.63) is 35.2 Å². The molecule has 0 fully saturated rings. The Morgan fingerprint density at radius 3 is 3.00 bits per heavy atom. The van der Waals surface area contributed by atoms with Gasteiger partial charge >= 0.3 is 0 Å². The highest BCUT2D eigenvalue weighted by Gasteiger charge is 1.99. The second kappa shape index (κ2) is 3.22. The molecule has 0 unspecified atom stereocenters. The van der Waals surface area contributed by atoms with Crippen molar-refractivity contribution >= 4 is 39.8 Å². The number of halogens is 2. The van der Waals surface area contributed by atoms with Crippen molar-refractivity contribution < 1.29 is 0 Å². The van der Waals surface area contributed by atoms with Crippen molar-refractivity contribution in [2.24, 2.45) is 0 Å². The van der Waals surface area contributed by atoms with Crippen LogP contribution in [0.5, 0.6) is 0 Å². The van der Waals surface area contributed by atoms with Gasteiger partial charge in [-0.2, -0.15) is 0 Å². The topological polar surface area (TPSA) is 17.3 Å². The maximum absolute atomic E-state index is 5.82. The van der Waals surface area contributed by atoms with Gasteiger partial charge in [0.2, 0.25) is 0 Å². The molecule has 0 bridgehead atoms. The van der Waals surface area contributed by atoms with Gasteiger partial charge in [0.25, 0.3) is 0 Å². The molecule has 0 aliphatic rings. The van der Waals surface area contributed by atoms with Crippen LogP contribution < -0.4 is 0 Å². The predicted octanol–water partition coefficient (Wildman–Crippen LogP) is 2.92. The normalized spacial score (nSPS) is 10.8. The molecular formula is C8H6ClIN2. The Morgan fingerprint density at radius 2 is 2.25 bits per heavy atom. The first-order valence-electron chi connectivity index (χ1n) is 3.49. The predicted molar refractivity (Wildman–Crippen MR) is 57.9 cm³/mol. The van der Waals surface area contributed by atoms with Crippen LogP contribution in [0.3, 0.4) is 0 Å². The summed E-state index contributed by atoms with van der Waals surface area (Å²) in [6.45, 7) is 0. The number of pyridine rings is 1. The third-order valence-corrected chi connectivity index (χ3v) is 2.61. The van der Waals surface area contributed by atoms with Crippen LogP contribution in [0.25, 0.3) is 5.65 Å². The van der Waals surface area contributed by atoms with E-state index >= 15 is 0 Å². The van der Waals surface area contributed by atoms with Crippen molar-refractivity contribution in [2.75, 3.05) is 0 Å². The Morgan fingerprint density at radius 1 is 1.42 bits per heavy atom. The van der Waals surface area contributed by atoms with Crippen molar-refractivity contribution in [3.8, 4) is 0 Å². The summed E-state index contributed by atoms with van der Waals surface area (Å²) in [6.07, 6.45) is 3.85. The van der Waals surface area contributed by atoms with Crippen LogP contribution in [0.4, 0.5) is 0 Å². The van der Waals surface area contributed by atoms with Crippen LogP contribution >= 0.6 is 34.2 Å². The zero-order valence-corrected chi connectivity index (χ0v) is 9.08. The Hall–Kier alpha value is -0.290. The molecule has 2 aromatic heterocycles. The van der Waals surface area contributed by atoms with Gasteiger partial charge in [0.05, 0.1) is 10.7 Å². The molecule has 0 saturated heterocycles. The lowest BCUT2D eigenvalue weighted by Gasteiger charge is -1.91. The Bertz CT molecular complexity index is 410. The van der Waals surface area contributed by atoms with E-state index in [9.17, 15) is 0 Å². The first-order valence-corrected chi connectivity index (χ1v) is 5.39. The van der Waals surface area contributed by atoms with Crippen LogP contribution in [0.2, 0.25) is 5.02 Å². The summed E-state index contributed by atoms with van der Waals surface area (Å²) in [5.41, 5.74) is 2.03. The number of hydrogen-bond acceptors (Lipinski definition) is 1.